The van der Waals surface area contributed by atoms with Gasteiger partial charge in [-0.3, -0.25) is 14.4 Å². The number of anilines is 2. The normalized spacial score (nSPS) is 12.8. The summed E-state index contributed by atoms with van der Waals surface area (Å²) in [5.41, 5.74) is 2.59. The molecule has 0 bridgehead atoms. The molecule has 1 heterocycles. The summed E-state index contributed by atoms with van der Waals surface area (Å²) < 4.78 is 11.3. The number of carbonyl (C=O) groups is 3. The van der Waals surface area contributed by atoms with Crippen molar-refractivity contribution < 1.29 is 23.9 Å². The van der Waals surface area contributed by atoms with E-state index in [4.69, 9.17) is 32.7 Å². The fourth-order valence-corrected chi connectivity index (χ4v) is 6.45. The first kappa shape index (κ1) is 33.7. The summed E-state index contributed by atoms with van der Waals surface area (Å²) in [5.74, 6) is -0.0510. The van der Waals surface area contributed by atoms with Crippen LogP contribution in [0.15, 0.2) is 132 Å². The van der Waals surface area contributed by atoms with Crippen LogP contribution in [-0.2, 0) is 9.59 Å². The van der Waals surface area contributed by atoms with Gasteiger partial charge in [-0.2, -0.15) is 0 Å². The summed E-state index contributed by atoms with van der Waals surface area (Å²) >= 11 is 14.1. The summed E-state index contributed by atoms with van der Waals surface area (Å²) in [6, 6.07) is 35.3. The van der Waals surface area contributed by atoms with Crippen molar-refractivity contribution in [2.24, 2.45) is 0 Å². The van der Waals surface area contributed by atoms with Crippen molar-refractivity contribution in [3.63, 3.8) is 0 Å². The van der Waals surface area contributed by atoms with E-state index in [9.17, 15) is 14.4 Å². The Hall–Kier alpha value is -5.22. The first-order valence-corrected chi connectivity index (χ1v) is 16.8. The Balaban J connectivity index is 1.19. The molecule has 1 atom stereocenters. The first-order chi connectivity index (χ1) is 23.8. The van der Waals surface area contributed by atoms with Gasteiger partial charge in [-0.05, 0) is 72.3 Å². The highest BCUT2D eigenvalue weighted by Crippen LogP contribution is 2.38. The van der Waals surface area contributed by atoms with Gasteiger partial charge in [0, 0.05) is 43.5 Å². The number of ether oxygens (including phenoxy) is 2. The van der Waals surface area contributed by atoms with Gasteiger partial charge in [-0.25, -0.2) is 0 Å². The molecule has 1 aliphatic heterocycles. The van der Waals surface area contributed by atoms with Crippen molar-refractivity contribution >= 4 is 70.1 Å². The molecule has 11 heteroatoms. The Kier molecular flexibility index (Phi) is 10.8. The lowest BCUT2D eigenvalue weighted by atomic mass is 10.1. The van der Waals surface area contributed by atoms with Crippen LogP contribution in [0.5, 0.6) is 11.5 Å². The minimum absolute atomic E-state index is 0.0535. The molecule has 8 nitrogen and oxygen atoms in total. The van der Waals surface area contributed by atoms with Gasteiger partial charge in [0.25, 0.3) is 11.8 Å². The van der Waals surface area contributed by atoms with Gasteiger partial charge >= 0.3 is 0 Å². The molecule has 49 heavy (non-hydrogen) atoms. The Bertz CT molecular complexity index is 1990. The summed E-state index contributed by atoms with van der Waals surface area (Å²) in [6.45, 7) is 0.924. The monoisotopic (exact) mass is 709 g/mol. The molecule has 0 radical (unpaired) electrons. The topological polar surface area (TPSA) is 106 Å². The largest absolute Gasteiger partial charge is 0.486 e. The highest BCUT2D eigenvalue weighted by Gasteiger charge is 2.24. The maximum atomic E-state index is 13.6. The molecular formula is C38H29Cl2N3O5S. The molecule has 0 aliphatic carbocycles. The lowest BCUT2D eigenvalue weighted by Gasteiger charge is -2.20. The summed E-state index contributed by atoms with van der Waals surface area (Å²) in [5, 5.41) is 8.58. The first-order valence-electron chi connectivity index (χ1n) is 15.2. The lowest BCUT2D eigenvalue weighted by molar-refractivity contribution is -0.116. The number of hydrogen-bond donors (Lipinski definition) is 3. The molecule has 6 rings (SSSR count). The van der Waals surface area contributed by atoms with Crippen LogP contribution in [0.3, 0.4) is 0 Å². The zero-order valence-corrected chi connectivity index (χ0v) is 28.1. The quantitative estimate of drug-likeness (QED) is 0.0990. The van der Waals surface area contributed by atoms with Gasteiger partial charge in [0.2, 0.25) is 5.91 Å². The predicted octanol–water partition coefficient (Wildman–Crippen LogP) is 8.65. The molecule has 5 aromatic rings. The third-order valence-electron chi connectivity index (χ3n) is 7.33. The molecule has 0 aromatic heterocycles. The Morgan fingerprint density at radius 2 is 1.33 bits per heavy atom. The molecule has 0 fully saturated rings. The zero-order valence-electron chi connectivity index (χ0n) is 25.8. The number of thioether (sulfide) groups is 1. The Morgan fingerprint density at radius 3 is 2.02 bits per heavy atom. The smallest absolute Gasteiger partial charge is 0.272 e. The summed E-state index contributed by atoms with van der Waals surface area (Å²) in [6.07, 6.45) is 1.44. The number of fused-ring (bicyclic) bond motifs is 1. The molecule has 1 unspecified atom stereocenters. The fraction of sp³-hybridized carbons (Fsp3) is 0.0789. The third-order valence-corrected chi connectivity index (χ3v) is 9.26. The number of carbonyl (C=O) groups excluding carboxylic acids is 3. The molecule has 246 valence electrons. The van der Waals surface area contributed by atoms with Crippen molar-refractivity contribution in [1.29, 1.82) is 0 Å². The Labute approximate surface area is 297 Å². The van der Waals surface area contributed by atoms with Gasteiger partial charge in [-0.1, -0.05) is 77.8 Å². The van der Waals surface area contributed by atoms with E-state index in [1.807, 2.05) is 42.5 Å². The molecule has 0 saturated carbocycles. The van der Waals surface area contributed by atoms with Gasteiger partial charge in [0.05, 0.1) is 0 Å². The van der Waals surface area contributed by atoms with Gasteiger partial charge in [0.1, 0.15) is 24.2 Å². The van der Waals surface area contributed by atoms with E-state index in [0.717, 1.165) is 10.5 Å². The van der Waals surface area contributed by atoms with Gasteiger partial charge in [-0.15, -0.1) is 11.8 Å². The molecule has 0 saturated heterocycles. The van der Waals surface area contributed by atoms with Crippen molar-refractivity contribution in [3.05, 3.63) is 154 Å². The predicted molar refractivity (Wildman–Crippen MR) is 195 cm³/mol. The second-order valence-corrected chi connectivity index (χ2v) is 12.7. The molecule has 1 aliphatic rings. The molecular weight excluding hydrogens is 681 g/mol. The fourth-order valence-electron chi connectivity index (χ4n) is 4.92. The summed E-state index contributed by atoms with van der Waals surface area (Å²) in [7, 11) is 0. The van der Waals surface area contributed by atoms with E-state index in [0.29, 0.717) is 57.3 Å². The molecule has 3 amide bonds. The van der Waals surface area contributed by atoms with Crippen LogP contribution in [0.2, 0.25) is 10.0 Å². The SMILES string of the molecule is O=C(Nc1ccc(SC(C(=O)Nc2ccc3c(c2)OCCO3)c2ccccc2)cc1)/C(=C/c1c(Cl)cccc1Cl)NC(=O)c1ccccc1. The number of nitrogens with one attached hydrogen (secondary N) is 3. The number of hydrogen-bond acceptors (Lipinski definition) is 6. The zero-order chi connectivity index (χ0) is 34.2. The molecule has 3 N–H and O–H groups in total. The molecule has 5 aromatic carbocycles. The highest BCUT2D eigenvalue weighted by molar-refractivity contribution is 8.00. The second-order valence-electron chi connectivity index (χ2n) is 10.7. The van der Waals surface area contributed by atoms with E-state index in [1.165, 1.54) is 17.8 Å². The van der Waals surface area contributed by atoms with E-state index >= 15 is 0 Å². The van der Waals surface area contributed by atoms with Crippen LogP contribution in [0.4, 0.5) is 11.4 Å². The Morgan fingerprint density at radius 1 is 0.694 bits per heavy atom. The third kappa shape index (κ3) is 8.63. The van der Waals surface area contributed by atoms with Crippen molar-refractivity contribution in [2.45, 2.75) is 10.1 Å². The summed E-state index contributed by atoms with van der Waals surface area (Å²) in [4.78, 5) is 41.0. The van der Waals surface area contributed by atoms with Crippen LogP contribution >= 0.6 is 35.0 Å². The van der Waals surface area contributed by atoms with Gasteiger partial charge < -0.3 is 25.4 Å². The van der Waals surface area contributed by atoms with E-state index < -0.39 is 17.1 Å². The number of halogens is 2. The van der Waals surface area contributed by atoms with Crippen molar-refractivity contribution in [1.82, 2.24) is 5.32 Å². The highest BCUT2D eigenvalue weighted by atomic mass is 35.5. The second kappa shape index (κ2) is 15.8. The maximum Gasteiger partial charge on any atom is 0.272 e. The lowest BCUT2D eigenvalue weighted by Crippen LogP contribution is -2.30. The minimum Gasteiger partial charge on any atom is -0.486 e. The number of rotatable bonds is 10. The number of benzene rings is 5. The minimum atomic E-state index is -0.585. The molecule has 0 spiro atoms. The van der Waals surface area contributed by atoms with Gasteiger partial charge in [0.15, 0.2) is 11.5 Å². The number of amides is 3. The van der Waals surface area contributed by atoms with Crippen molar-refractivity contribution in [3.8, 4) is 11.5 Å². The van der Waals surface area contributed by atoms with Crippen LogP contribution < -0.4 is 25.4 Å². The van der Waals surface area contributed by atoms with E-state index in [1.54, 1.807) is 78.9 Å². The van der Waals surface area contributed by atoms with Crippen molar-refractivity contribution in [2.75, 3.05) is 23.8 Å². The van der Waals surface area contributed by atoms with Crippen LogP contribution in [-0.4, -0.2) is 30.9 Å². The van der Waals surface area contributed by atoms with Crippen LogP contribution in [0.25, 0.3) is 6.08 Å². The average molecular weight is 711 g/mol. The maximum absolute atomic E-state index is 13.6. The van der Waals surface area contributed by atoms with E-state index in [-0.39, 0.29) is 11.6 Å². The van der Waals surface area contributed by atoms with E-state index in [2.05, 4.69) is 16.0 Å². The van der Waals surface area contributed by atoms with Crippen LogP contribution in [0, 0.1) is 0 Å². The standard InChI is InChI=1S/C38H29Cl2N3O5S/c39-30-12-7-13-31(40)29(30)23-32(43-36(44)25-10-5-2-6-11-25)37(45)41-26-14-17-28(18-15-26)49-35(24-8-3-1-4-9-24)38(46)42-27-16-19-33-34(22-27)48-21-20-47-33/h1-19,22-23,35H,20-21H2,(H,41,45)(H,42,46)(H,43,44)/b32-23-. The van der Waals surface area contributed by atoms with Crippen LogP contribution in [0.1, 0.15) is 26.7 Å². The average Bonchev–Trinajstić information content (AvgIpc) is 3.13.